The van der Waals surface area contributed by atoms with Crippen molar-refractivity contribution < 1.29 is 48.7 Å². The first kappa shape index (κ1) is 41.7. The Morgan fingerprint density at radius 3 is 1.62 bits per heavy atom. The van der Waals surface area contributed by atoms with Gasteiger partial charge in [-0.25, -0.2) is 19.6 Å². The van der Waals surface area contributed by atoms with Crippen LogP contribution in [0.3, 0.4) is 0 Å². The molecule has 4 amide bonds. The number of aliphatic carboxylic acids is 2. The number of carboxylic acid groups (broad SMARTS) is 2. The Morgan fingerprint density at radius 1 is 0.855 bits per heavy atom. The van der Waals surface area contributed by atoms with Gasteiger partial charge in [-0.15, -0.1) is 46.2 Å². The highest BCUT2D eigenvalue weighted by atomic mass is 32.2. The summed E-state index contributed by atoms with van der Waals surface area (Å²) < 4.78 is 0. The zero-order valence-corrected chi connectivity index (χ0v) is 33.8. The summed E-state index contributed by atoms with van der Waals surface area (Å²) in [6.45, 7) is 0. The molecule has 4 aliphatic heterocycles. The lowest BCUT2D eigenvalue weighted by molar-refractivity contribution is -0.150. The summed E-state index contributed by atoms with van der Waals surface area (Å²) in [7, 11) is 2.56. The maximum absolute atomic E-state index is 12.6. The third kappa shape index (κ3) is 8.52. The van der Waals surface area contributed by atoms with E-state index in [-0.39, 0.29) is 50.2 Å². The van der Waals surface area contributed by atoms with Gasteiger partial charge in [0.25, 0.3) is 23.6 Å². The van der Waals surface area contributed by atoms with Crippen molar-refractivity contribution in [1.29, 1.82) is 0 Å². The summed E-state index contributed by atoms with van der Waals surface area (Å²) >= 11 is 10.7. The third-order valence-corrected chi connectivity index (χ3v) is 13.0. The molecular weight excluding hydrogens is 841 g/mol. The molecule has 2 fully saturated rings. The summed E-state index contributed by atoms with van der Waals surface area (Å²) in [5.41, 5.74) is 12.6. The van der Waals surface area contributed by atoms with Gasteiger partial charge in [-0.1, -0.05) is 10.3 Å². The van der Waals surface area contributed by atoms with Crippen LogP contribution in [0.2, 0.25) is 0 Å². The van der Waals surface area contributed by atoms with E-state index < -0.39 is 58.4 Å². The number of β-lactam (4-membered cyclic amide) rings is 2. The van der Waals surface area contributed by atoms with Crippen LogP contribution in [0.4, 0.5) is 10.3 Å². The highest BCUT2D eigenvalue weighted by molar-refractivity contribution is 8.01. The first-order valence-corrected chi connectivity index (χ1v) is 21.3. The van der Waals surface area contributed by atoms with E-state index in [2.05, 4.69) is 48.4 Å². The van der Waals surface area contributed by atoms with E-state index in [0.717, 1.165) is 22.7 Å². The van der Waals surface area contributed by atoms with Crippen LogP contribution in [0.5, 0.6) is 0 Å². The van der Waals surface area contributed by atoms with Crippen molar-refractivity contribution in [2.75, 3.05) is 55.0 Å². The number of nitrogens with one attached hydrogen (secondary N) is 2. The number of thiazole rings is 2. The normalized spacial score (nSPS) is 22.0. The fourth-order valence-electron chi connectivity index (χ4n) is 5.58. The fourth-order valence-corrected chi connectivity index (χ4v) is 10.5. The quantitative estimate of drug-likeness (QED) is 0.0600. The molecule has 8 N–H and O–H groups in total. The molecule has 2 saturated heterocycles. The predicted molar refractivity (Wildman–Crippen MR) is 212 cm³/mol. The van der Waals surface area contributed by atoms with Gasteiger partial charge in [-0.2, -0.15) is 24.4 Å². The van der Waals surface area contributed by atoms with Crippen LogP contribution in [-0.4, -0.2) is 143 Å². The number of carboxylic acids is 2. The van der Waals surface area contributed by atoms with E-state index in [9.17, 15) is 39.0 Å². The number of amides is 4. The maximum atomic E-state index is 12.6. The maximum Gasteiger partial charge on any atom is 0.352 e. The van der Waals surface area contributed by atoms with Crippen molar-refractivity contribution in [3.8, 4) is 0 Å². The molecule has 6 heterocycles. The molecule has 2 aromatic heterocycles. The van der Waals surface area contributed by atoms with Crippen molar-refractivity contribution >= 4 is 128 Å². The van der Waals surface area contributed by atoms with E-state index in [1.165, 1.54) is 59.3 Å². The van der Waals surface area contributed by atoms with Crippen molar-refractivity contribution in [2.45, 2.75) is 22.8 Å². The van der Waals surface area contributed by atoms with Crippen LogP contribution in [0.15, 0.2) is 43.6 Å². The van der Waals surface area contributed by atoms with Gasteiger partial charge in [0, 0.05) is 33.8 Å². The third-order valence-electron chi connectivity index (χ3n) is 7.91. The molecule has 20 nitrogen and oxygen atoms in total. The van der Waals surface area contributed by atoms with E-state index in [4.69, 9.17) is 16.3 Å². The minimum atomic E-state index is -1.19. The van der Waals surface area contributed by atoms with Gasteiger partial charge >= 0.3 is 11.9 Å². The van der Waals surface area contributed by atoms with Crippen molar-refractivity contribution in [3.63, 3.8) is 0 Å². The molecule has 0 saturated carbocycles. The van der Waals surface area contributed by atoms with Gasteiger partial charge in [0.1, 0.15) is 59.8 Å². The number of nitrogens with two attached hydrogens (primary N) is 2. The molecule has 4 aliphatic rings. The highest BCUT2D eigenvalue weighted by Crippen LogP contribution is 2.42. The Balaban J connectivity index is 0.000000211. The van der Waals surface area contributed by atoms with Crippen LogP contribution in [0.1, 0.15) is 11.4 Å². The summed E-state index contributed by atoms with van der Waals surface area (Å²) in [5, 5.41) is 34.1. The summed E-state index contributed by atoms with van der Waals surface area (Å²) in [4.78, 5) is 93.3. The second-order valence-corrected chi connectivity index (χ2v) is 16.4. The molecule has 0 radical (unpaired) electrons. The van der Waals surface area contributed by atoms with Gasteiger partial charge in [0.15, 0.2) is 21.7 Å². The van der Waals surface area contributed by atoms with Crippen LogP contribution in [0.25, 0.3) is 0 Å². The number of rotatable bonds is 13. The van der Waals surface area contributed by atoms with Gasteiger partial charge in [0.05, 0.1) is 0 Å². The minimum absolute atomic E-state index is 0.00616. The molecule has 294 valence electrons. The van der Waals surface area contributed by atoms with Crippen molar-refractivity contribution in [1.82, 2.24) is 30.4 Å². The first-order chi connectivity index (χ1) is 26.3. The standard InChI is InChI=1S/C15H17N5O5S3.C14H15N5O5S3/c1-25-19-8(7-5-28-15(16)17-7)11(21)18-9-12(22)20-10(14(23)24)6(3-26-2)4-27-13(9)20;1-24-18-7(6-4-27-14(15)16-6)10(20)17-8-11(21)19-9(13(22)23)5(2-25)3-26-12(8)19/h5,9,13H,3-4H2,1-2H3,(H2,16,17)(H,18,21)(H,23,24);4,8,12,25H,2-3H2,1H3,(H2,15,16)(H,17,20)(H,22,23)/b19-8+;18-7-/t9-,13-;8-,12-/m11/s1. The Kier molecular flexibility index (Phi) is 13.6. The molecule has 0 spiro atoms. The molecule has 55 heavy (non-hydrogen) atoms. The van der Waals surface area contributed by atoms with Gasteiger partial charge in [0.2, 0.25) is 0 Å². The highest BCUT2D eigenvalue weighted by Gasteiger charge is 2.55. The molecule has 0 bridgehead atoms. The number of fused-ring (bicyclic) bond motifs is 2. The van der Waals surface area contributed by atoms with E-state index in [1.54, 1.807) is 10.8 Å². The number of carbonyl (C=O) groups excluding carboxylic acids is 4. The SMILES string of the molecule is CO/N=C(/C(=O)N[C@@H]1C(=O)N2C(C(=O)O)=C(CSC)CS[C@H]12)c1csc(N)n1.CO/N=C(\C(=O)N[C@@H]1C(=O)N2C(C(=O)O)=C(CS)CS[C@H]12)c1csc(N)n1. The number of hydrogen-bond acceptors (Lipinski definition) is 20. The number of nitrogen functional groups attached to an aromatic ring is 2. The van der Waals surface area contributed by atoms with Crippen LogP contribution in [-0.2, 0) is 38.4 Å². The Labute approximate surface area is 338 Å². The average Bonchev–Trinajstić information content (AvgIpc) is 3.80. The Bertz CT molecular complexity index is 2030. The molecule has 0 aliphatic carbocycles. The first-order valence-electron chi connectivity index (χ1n) is 15.4. The Morgan fingerprint density at radius 2 is 1.27 bits per heavy atom. The molecule has 26 heteroatoms. The number of carbonyl (C=O) groups is 6. The number of oxime groups is 2. The van der Waals surface area contributed by atoms with Crippen molar-refractivity contribution in [3.05, 3.63) is 44.7 Å². The number of nitrogens with zero attached hydrogens (tertiary/aromatic N) is 6. The van der Waals surface area contributed by atoms with Crippen LogP contribution < -0.4 is 22.1 Å². The number of anilines is 2. The second kappa shape index (κ2) is 18.0. The monoisotopic (exact) mass is 872 g/mol. The Hall–Kier alpha value is -4.50. The minimum Gasteiger partial charge on any atom is -0.477 e. The number of hydrogen-bond donors (Lipinski definition) is 7. The van der Waals surface area contributed by atoms with E-state index in [1.807, 2.05) is 6.26 Å². The summed E-state index contributed by atoms with van der Waals surface area (Å²) in [6, 6.07) is -1.74. The zero-order valence-electron chi connectivity index (χ0n) is 28.8. The molecule has 0 unspecified atom stereocenters. The molecule has 4 atom stereocenters. The van der Waals surface area contributed by atoms with Crippen molar-refractivity contribution in [2.24, 2.45) is 10.3 Å². The topological polar surface area (TPSA) is 294 Å². The molecule has 0 aromatic carbocycles. The second-order valence-electron chi connectivity index (χ2n) is 11.2. The molecule has 2 aromatic rings. The lowest BCUT2D eigenvalue weighted by Gasteiger charge is -2.49. The largest absolute Gasteiger partial charge is 0.477 e. The predicted octanol–water partition coefficient (Wildman–Crippen LogP) is -0.0784. The number of thioether (sulfide) groups is 3. The van der Waals surface area contributed by atoms with E-state index in [0.29, 0.717) is 28.4 Å². The fraction of sp³-hybridized carbons (Fsp3) is 0.379. The summed E-state index contributed by atoms with van der Waals surface area (Å²) in [5.74, 6) is -2.99. The average molecular weight is 873 g/mol. The number of aromatic nitrogens is 2. The van der Waals surface area contributed by atoms with Gasteiger partial charge in [-0.3, -0.25) is 29.0 Å². The van der Waals surface area contributed by atoms with Gasteiger partial charge < -0.3 is 42.0 Å². The zero-order chi connectivity index (χ0) is 40.1. The van der Waals surface area contributed by atoms with Crippen LogP contribution >= 0.6 is 70.6 Å². The smallest absolute Gasteiger partial charge is 0.352 e. The van der Waals surface area contributed by atoms with Gasteiger partial charge in [-0.05, 0) is 17.4 Å². The number of thiol groups is 1. The molecular formula is C29H32N10O10S6. The molecule has 6 rings (SSSR count). The van der Waals surface area contributed by atoms with Crippen LogP contribution in [0, 0.1) is 0 Å². The van der Waals surface area contributed by atoms with E-state index >= 15 is 0 Å². The summed E-state index contributed by atoms with van der Waals surface area (Å²) in [6.07, 6.45) is 1.87. The lowest BCUT2D eigenvalue weighted by Crippen LogP contribution is -2.71. The lowest BCUT2D eigenvalue weighted by atomic mass is 10.0.